The molecule has 0 saturated heterocycles. The second-order valence-electron chi connectivity index (χ2n) is 7.54. The van der Waals surface area contributed by atoms with Gasteiger partial charge in [-0.25, -0.2) is 0 Å². The summed E-state index contributed by atoms with van der Waals surface area (Å²) in [5.41, 5.74) is 8.94. The molecule has 1 unspecified atom stereocenters. The predicted molar refractivity (Wildman–Crippen MR) is 122 cm³/mol. The van der Waals surface area contributed by atoms with Gasteiger partial charge in [0.2, 0.25) is 0 Å². The predicted octanol–water partition coefficient (Wildman–Crippen LogP) is 7.14. The van der Waals surface area contributed by atoms with Gasteiger partial charge in [0.25, 0.3) is 0 Å². The summed E-state index contributed by atoms with van der Waals surface area (Å²) < 4.78 is -0.286. The van der Waals surface area contributed by atoms with Gasteiger partial charge in [-0.3, -0.25) is 0 Å². The molecule has 0 heterocycles. The molecule has 0 spiro atoms. The molecule has 1 aliphatic rings. The van der Waals surface area contributed by atoms with Crippen LogP contribution in [0.15, 0.2) is 127 Å². The van der Waals surface area contributed by atoms with Crippen LogP contribution in [0, 0.1) is 0 Å². The molecule has 0 N–H and O–H groups in total. The summed E-state index contributed by atoms with van der Waals surface area (Å²) >= 11 is 2.97. The van der Waals surface area contributed by atoms with E-state index in [-0.39, 0.29) is 4.13 Å². The number of hydrogen-bond acceptors (Lipinski definition) is 0. The third kappa shape index (κ3) is 3.29. The summed E-state index contributed by atoms with van der Waals surface area (Å²) in [7, 11) is 0. The Labute approximate surface area is 187 Å². The molecule has 0 nitrogen and oxygen atoms in total. The van der Waals surface area contributed by atoms with Gasteiger partial charge in [-0.05, 0) is 0 Å². The molecule has 0 saturated carbocycles. The van der Waals surface area contributed by atoms with E-state index in [0.717, 1.165) is 0 Å². The third-order valence-electron chi connectivity index (χ3n) is 5.68. The van der Waals surface area contributed by atoms with Crippen LogP contribution < -0.4 is 0 Å². The summed E-state index contributed by atoms with van der Waals surface area (Å²) in [5, 5.41) is 0. The Morgan fingerprint density at radius 2 is 0.900 bits per heavy atom. The van der Waals surface area contributed by atoms with Crippen molar-refractivity contribution in [3.8, 4) is 0 Å². The van der Waals surface area contributed by atoms with Crippen molar-refractivity contribution in [3.63, 3.8) is 0 Å². The van der Waals surface area contributed by atoms with Gasteiger partial charge in [-0.1, -0.05) is 0 Å². The average molecular weight is 420 g/mol. The van der Waals surface area contributed by atoms with E-state index < -0.39 is 0 Å². The summed E-state index contributed by atoms with van der Waals surface area (Å²) in [5.74, 6) is 0. The first-order chi connectivity index (χ1) is 14.8. The van der Waals surface area contributed by atoms with Crippen LogP contribution in [-0.4, -0.2) is 0 Å². The Kier molecular flexibility index (Phi) is 5.05. The summed E-state index contributed by atoms with van der Waals surface area (Å²) in [6, 6.07) is 43.1. The van der Waals surface area contributed by atoms with Crippen molar-refractivity contribution in [2.45, 2.75) is 4.13 Å². The molecule has 0 aliphatic heterocycles. The first-order valence-corrected chi connectivity index (χ1v) is 10.9. The molecule has 0 bridgehead atoms. The molecular formula is C29H21V. The van der Waals surface area contributed by atoms with Crippen LogP contribution in [0.5, 0.6) is 0 Å². The SMILES string of the molecule is [V][C]1(c2ccccc2)C=C(c2ccccc2)C(c2ccccc2)=C1c1ccccc1. The van der Waals surface area contributed by atoms with E-state index in [2.05, 4.69) is 145 Å². The molecule has 0 fully saturated rings. The van der Waals surface area contributed by atoms with E-state index in [1.165, 1.54) is 39.0 Å². The summed E-state index contributed by atoms with van der Waals surface area (Å²) in [4.78, 5) is 0. The topological polar surface area (TPSA) is 0 Å². The number of benzene rings is 4. The van der Waals surface area contributed by atoms with Gasteiger partial charge in [0, 0.05) is 0 Å². The standard InChI is InChI=1S/C29H21.V/c1-5-13-22(14-6-1)26-21-27(23-15-7-2-8-16-23)29(25-19-11-4-12-20-25)28(26)24-17-9-3-10-18-24;/h1-21H;. The van der Waals surface area contributed by atoms with Gasteiger partial charge in [-0.15, -0.1) is 0 Å². The van der Waals surface area contributed by atoms with E-state index in [4.69, 9.17) is 0 Å². The maximum absolute atomic E-state index is 2.97. The van der Waals surface area contributed by atoms with Crippen LogP contribution in [0.2, 0.25) is 0 Å². The van der Waals surface area contributed by atoms with Crippen LogP contribution in [0.4, 0.5) is 0 Å². The molecule has 4 aromatic rings. The fourth-order valence-corrected chi connectivity index (χ4v) is 5.13. The second kappa shape index (κ2) is 7.99. The van der Waals surface area contributed by atoms with Crippen molar-refractivity contribution in [1.29, 1.82) is 0 Å². The average Bonchev–Trinajstić information content (AvgIpc) is 3.16. The molecule has 1 heteroatoms. The van der Waals surface area contributed by atoms with E-state index in [0.29, 0.717) is 0 Å². The van der Waals surface area contributed by atoms with Crippen molar-refractivity contribution < 1.29 is 17.4 Å². The zero-order chi connectivity index (χ0) is 20.4. The number of rotatable bonds is 4. The molecular weight excluding hydrogens is 399 g/mol. The fraction of sp³-hybridized carbons (Fsp3) is 0.0345. The number of allylic oxidation sites excluding steroid dienone is 4. The Morgan fingerprint density at radius 3 is 1.43 bits per heavy atom. The summed E-state index contributed by atoms with van der Waals surface area (Å²) in [6.45, 7) is 0. The van der Waals surface area contributed by atoms with Gasteiger partial charge in [0.15, 0.2) is 0 Å². The zero-order valence-corrected chi connectivity index (χ0v) is 18.0. The fourth-order valence-electron chi connectivity index (χ4n) is 4.32. The van der Waals surface area contributed by atoms with Crippen molar-refractivity contribution in [2.75, 3.05) is 0 Å². The maximum atomic E-state index is 2.97. The Morgan fingerprint density at radius 1 is 0.467 bits per heavy atom. The van der Waals surface area contributed by atoms with Crippen molar-refractivity contribution in [1.82, 2.24) is 0 Å². The second-order valence-corrected chi connectivity index (χ2v) is 8.64. The molecule has 0 amide bonds. The minimum absolute atomic E-state index is 0.286. The molecule has 142 valence electrons. The van der Waals surface area contributed by atoms with Crippen molar-refractivity contribution in [3.05, 3.63) is 150 Å². The van der Waals surface area contributed by atoms with Crippen LogP contribution in [0.1, 0.15) is 22.3 Å². The molecule has 0 radical (unpaired) electrons. The van der Waals surface area contributed by atoms with E-state index >= 15 is 0 Å². The van der Waals surface area contributed by atoms with Gasteiger partial charge >= 0.3 is 188 Å². The first kappa shape index (κ1) is 18.9. The van der Waals surface area contributed by atoms with Gasteiger partial charge in [0.1, 0.15) is 0 Å². The number of hydrogen-bond donors (Lipinski definition) is 0. The van der Waals surface area contributed by atoms with Gasteiger partial charge in [-0.2, -0.15) is 0 Å². The van der Waals surface area contributed by atoms with E-state index in [1.807, 2.05) is 0 Å². The van der Waals surface area contributed by atoms with Gasteiger partial charge in [0.05, 0.1) is 0 Å². The van der Waals surface area contributed by atoms with Crippen LogP contribution in [0.3, 0.4) is 0 Å². The van der Waals surface area contributed by atoms with E-state index in [1.54, 1.807) is 0 Å². The van der Waals surface area contributed by atoms with Crippen LogP contribution in [-0.2, 0) is 21.6 Å². The Balaban J connectivity index is 1.87. The van der Waals surface area contributed by atoms with Gasteiger partial charge < -0.3 is 0 Å². The van der Waals surface area contributed by atoms with E-state index in [9.17, 15) is 0 Å². The monoisotopic (exact) mass is 420 g/mol. The van der Waals surface area contributed by atoms with Crippen molar-refractivity contribution in [2.24, 2.45) is 0 Å². The minimum atomic E-state index is -0.286. The third-order valence-corrected chi connectivity index (χ3v) is 6.63. The normalized spacial score (nSPS) is 18.3. The zero-order valence-electron chi connectivity index (χ0n) is 16.6. The first-order valence-electron chi connectivity index (χ1n) is 10.2. The Bertz CT molecular complexity index is 1210. The summed E-state index contributed by atoms with van der Waals surface area (Å²) in [6.07, 6.45) is 2.43. The molecule has 30 heavy (non-hydrogen) atoms. The molecule has 4 aromatic carbocycles. The van der Waals surface area contributed by atoms with Crippen molar-refractivity contribution >= 4 is 16.7 Å². The molecule has 1 atom stereocenters. The van der Waals surface area contributed by atoms with Crippen LogP contribution >= 0.6 is 0 Å². The molecule has 1 aliphatic carbocycles. The van der Waals surface area contributed by atoms with Crippen LogP contribution in [0.25, 0.3) is 16.7 Å². The molecule has 5 rings (SSSR count). The quantitative estimate of drug-likeness (QED) is 0.329. The Hall–Kier alpha value is -3.06. The molecule has 0 aromatic heterocycles.